The van der Waals surface area contributed by atoms with Crippen LogP contribution in [0.3, 0.4) is 0 Å². The van der Waals surface area contributed by atoms with Gasteiger partial charge in [0.05, 0.1) is 6.42 Å². The molecular weight excluding hydrogens is 188 g/mol. The Labute approximate surface area is 82.0 Å². The van der Waals surface area contributed by atoms with E-state index in [9.17, 15) is 9.59 Å². The van der Waals surface area contributed by atoms with Crippen molar-refractivity contribution in [2.24, 2.45) is 5.41 Å². The molecule has 0 aliphatic carbocycles. The van der Waals surface area contributed by atoms with E-state index in [2.05, 4.69) is 0 Å². The molecule has 2 atom stereocenters. The van der Waals surface area contributed by atoms with Gasteiger partial charge in [-0.1, -0.05) is 20.8 Å². The van der Waals surface area contributed by atoms with Gasteiger partial charge in [0.1, 0.15) is 0 Å². The van der Waals surface area contributed by atoms with Crippen LogP contribution in [0.4, 0.5) is 0 Å². The average Bonchev–Trinajstić information content (AvgIpc) is 2.30. The van der Waals surface area contributed by atoms with Gasteiger partial charge in [-0.2, -0.15) is 0 Å². The van der Waals surface area contributed by atoms with Crippen LogP contribution in [0.25, 0.3) is 0 Å². The molecule has 1 N–H and O–H groups in total. The summed E-state index contributed by atoms with van der Waals surface area (Å²) in [7, 11) is 0. The quantitative estimate of drug-likeness (QED) is 0.670. The molecule has 1 aliphatic heterocycles. The maximum absolute atomic E-state index is 11.2. The van der Waals surface area contributed by atoms with Crippen molar-refractivity contribution in [2.45, 2.75) is 39.6 Å². The van der Waals surface area contributed by atoms with Crippen LogP contribution in [0.15, 0.2) is 0 Å². The minimum absolute atomic E-state index is 0.330. The minimum atomic E-state index is -1.07. The molecule has 0 aromatic heterocycles. The van der Waals surface area contributed by atoms with Crippen molar-refractivity contribution >= 4 is 11.9 Å². The molecule has 0 aromatic rings. The lowest BCUT2D eigenvalue weighted by Crippen LogP contribution is -2.28. The topological polar surface area (TPSA) is 72.8 Å². The summed E-state index contributed by atoms with van der Waals surface area (Å²) in [6.07, 6.45) is -1.96. The number of hydrogen-bond acceptors (Lipinski definition) is 4. The van der Waals surface area contributed by atoms with Crippen molar-refractivity contribution in [3.8, 4) is 0 Å². The van der Waals surface area contributed by atoms with Crippen molar-refractivity contribution in [1.82, 2.24) is 0 Å². The van der Waals surface area contributed by atoms with Gasteiger partial charge in [-0.15, -0.1) is 0 Å². The molecule has 1 unspecified atom stereocenters. The van der Waals surface area contributed by atoms with E-state index in [0.717, 1.165) is 0 Å². The van der Waals surface area contributed by atoms with Gasteiger partial charge in [-0.05, 0) is 0 Å². The van der Waals surface area contributed by atoms with E-state index in [1.165, 1.54) is 0 Å². The lowest BCUT2D eigenvalue weighted by Gasteiger charge is -2.23. The largest absolute Gasteiger partial charge is 0.481 e. The van der Waals surface area contributed by atoms with Crippen LogP contribution in [-0.2, 0) is 19.1 Å². The van der Waals surface area contributed by atoms with Crippen LogP contribution in [0.5, 0.6) is 0 Å². The predicted octanol–water partition coefficient (Wildman–Crippen LogP) is 0.775. The van der Waals surface area contributed by atoms with Gasteiger partial charge >= 0.3 is 11.9 Å². The molecule has 0 bridgehead atoms. The van der Waals surface area contributed by atoms with E-state index in [0.29, 0.717) is 0 Å². The standard InChI is InChI=1S/C9H14O5/c1-9(2,3)8-13-5(4-6(10)11)7(12)14-8/h5,8H,4H2,1-3H3,(H,10,11)/t5-,8?/m1/s1. The maximum atomic E-state index is 11.2. The van der Waals surface area contributed by atoms with Crippen LogP contribution >= 0.6 is 0 Å². The summed E-state index contributed by atoms with van der Waals surface area (Å²) in [5, 5.41) is 8.49. The van der Waals surface area contributed by atoms with Crippen LogP contribution in [0, 0.1) is 5.41 Å². The number of carbonyl (C=O) groups is 2. The smallest absolute Gasteiger partial charge is 0.338 e. The highest BCUT2D eigenvalue weighted by atomic mass is 16.8. The first kappa shape index (κ1) is 11.0. The van der Waals surface area contributed by atoms with E-state index >= 15 is 0 Å². The molecule has 0 saturated carbocycles. The highest BCUT2D eigenvalue weighted by Crippen LogP contribution is 2.30. The van der Waals surface area contributed by atoms with E-state index in [-0.39, 0.29) is 11.8 Å². The van der Waals surface area contributed by atoms with Gasteiger partial charge in [-0.25, -0.2) is 4.79 Å². The first-order chi connectivity index (χ1) is 6.30. The monoisotopic (exact) mass is 202 g/mol. The molecular formula is C9H14O5. The minimum Gasteiger partial charge on any atom is -0.481 e. The van der Waals surface area contributed by atoms with Gasteiger partial charge in [0.2, 0.25) is 6.29 Å². The lowest BCUT2D eigenvalue weighted by atomic mass is 9.96. The number of carboxylic acids is 1. The molecule has 5 heteroatoms. The SMILES string of the molecule is CC(C)(C)C1OC(=O)[C@@H](CC(=O)O)O1. The Bertz CT molecular complexity index is 252. The number of cyclic esters (lactones) is 1. The lowest BCUT2D eigenvalue weighted by molar-refractivity contribution is -0.154. The average molecular weight is 202 g/mol. The fourth-order valence-electron chi connectivity index (χ4n) is 1.08. The fraction of sp³-hybridized carbons (Fsp3) is 0.778. The summed E-state index contributed by atoms with van der Waals surface area (Å²) in [4.78, 5) is 21.5. The van der Waals surface area contributed by atoms with Crippen molar-refractivity contribution in [3.05, 3.63) is 0 Å². The van der Waals surface area contributed by atoms with Crippen LogP contribution < -0.4 is 0 Å². The fourth-order valence-corrected chi connectivity index (χ4v) is 1.08. The summed E-state index contributed by atoms with van der Waals surface area (Å²) in [5.74, 6) is -1.66. The predicted molar refractivity (Wildman–Crippen MR) is 46.5 cm³/mol. The molecule has 80 valence electrons. The molecule has 1 aliphatic rings. The van der Waals surface area contributed by atoms with Crippen LogP contribution in [0.1, 0.15) is 27.2 Å². The van der Waals surface area contributed by atoms with E-state index in [1.807, 2.05) is 20.8 Å². The first-order valence-corrected chi connectivity index (χ1v) is 4.38. The Hall–Kier alpha value is -1.10. The summed E-state index contributed by atoms with van der Waals surface area (Å²) >= 11 is 0. The maximum Gasteiger partial charge on any atom is 0.338 e. The summed E-state index contributed by atoms with van der Waals surface area (Å²) < 4.78 is 10.1. The molecule has 5 nitrogen and oxygen atoms in total. The number of esters is 1. The van der Waals surface area contributed by atoms with E-state index < -0.39 is 24.3 Å². The van der Waals surface area contributed by atoms with Gasteiger partial charge in [0.25, 0.3) is 0 Å². The number of ether oxygens (including phenoxy) is 2. The third kappa shape index (κ3) is 2.45. The molecule has 1 rings (SSSR count). The zero-order valence-electron chi connectivity index (χ0n) is 8.44. The number of aliphatic carboxylic acids is 1. The summed E-state index contributed by atoms with van der Waals surface area (Å²) in [5.41, 5.74) is -0.330. The highest BCUT2D eigenvalue weighted by molar-refractivity contribution is 5.82. The van der Waals surface area contributed by atoms with Crippen molar-refractivity contribution in [1.29, 1.82) is 0 Å². The summed E-state index contributed by atoms with van der Waals surface area (Å²) in [6.45, 7) is 5.57. The second kappa shape index (κ2) is 3.57. The zero-order valence-corrected chi connectivity index (χ0v) is 8.44. The molecule has 1 saturated heterocycles. The Morgan fingerprint density at radius 1 is 1.50 bits per heavy atom. The molecule has 1 fully saturated rings. The number of hydrogen-bond donors (Lipinski definition) is 1. The molecule has 14 heavy (non-hydrogen) atoms. The van der Waals surface area contributed by atoms with Crippen molar-refractivity contribution in [2.75, 3.05) is 0 Å². The number of rotatable bonds is 2. The molecule has 0 spiro atoms. The Balaban J connectivity index is 2.60. The number of carbonyl (C=O) groups excluding carboxylic acids is 1. The van der Waals surface area contributed by atoms with Gasteiger partial charge in [0.15, 0.2) is 6.10 Å². The third-order valence-corrected chi connectivity index (χ3v) is 1.84. The molecule has 1 heterocycles. The van der Waals surface area contributed by atoms with Crippen LogP contribution in [-0.4, -0.2) is 29.4 Å². The highest BCUT2D eigenvalue weighted by Gasteiger charge is 2.42. The molecule has 0 aromatic carbocycles. The Kier molecular flexibility index (Phi) is 2.80. The Morgan fingerprint density at radius 2 is 2.07 bits per heavy atom. The van der Waals surface area contributed by atoms with E-state index in [1.54, 1.807) is 0 Å². The van der Waals surface area contributed by atoms with Crippen LogP contribution in [0.2, 0.25) is 0 Å². The van der Waals surface area contributed by atoms with Gasteiger partial charge in [0, 0.05) is 5.41 Å². The third-order valence-electron chi connectivity index (χ3n) is 1.84. The van der Waals surface area contributed by atoms with Crippen molar-refractivity contribution < 1.29 is 24.2 Å². The normalized spacial score (nSPS) is 27.5. The molecule has 0 radical (unpaired) electrons. The number of carboxylic acid groups (broad SMARTS) is 1. The second-order valence-corrected chi connectivity index (χ2v) is 4.36. The summed E-state index contributed by atoms with van der Waals surface area (Å²) in [6, 6.07) is 0. The second-order valence-electron chi connectivity index (χ2n) is 4.36. The Morgan fingerprint density at radius 3 is 2.43 bits per heavy atom. The van der Waals surface area contributed by atoms with Crippen molar-refractivity contribution in [3.63, 3.8) is 0 Å². The first-order valence-electron chi connectivity index (χ1n) is 4.38. The molecule has 0 amide bonds. The zero-order chi connectivity index (χ0) is 10.9. The van der Waals surface area contributed by atoms with E-state index in [4.69, 9.17) is 14.6 Å². The van der Waals surface area contributed by atoms with Gasteiger partial charge < -0.3 is 14.6 Å². The van der Waals surface area contributed by atoms with Gasteiger partial charge in [-0.3, -0.25) is 4.79 Å².